The Labute approximate surface area is 198 Å². The van der Waals surface area contributed by atoms with Crippen molar-refractivity contribution in [3.63, 3.8) is 0 Å². The van der Waals surface area contributed by atoms with Crippen molar-refractivity contribution in [2.75, 3.05) is 23.3 Å². The first-order chi connectivity index (χ1) is 16.5. The van der Waals surface area contributed by atoms with Crippen molar-refractivity contribution in [3.05, 3.63) is 99.6 Å². The molecule has 0 atom stereocenters. The van der Waals surface area contributed by atoms with Crippen LogP contribution in [0.2, 0.25) is 0 Å². The number of hydrogen-bond acceptors (Lipinski definition) is 4. The van der Waals surface area contributed by atoms with Crippen LogP contribution in [0, 0.1) is 17.0 Å². The number of carbonyl (C=O) groups is 2. The normalized spacial score (nSPS) is 11.0. The molecule has 0 spiro atoms. The lowest BCUT2D eigenvalue weighted by Crippen LogP contribution is -2.41. The number of nitro benzene ring substituents is 1. The van der Waals surface area contributed by atoms with Gasteiger partial charge < -0.3 is 10.6 Å². The second-order valence-electron chi connectivity index (χ2n) is 7.56. The van der Waals surface area contributed by atoms with Crippen molar-refractivity contribution < 1.29 is 27.7 Å². The fourth-order valence-electron chi connectivity index (χ4n) is 3.17. The van der Waals surface area contributed by atoms with Gasteiger partial charge in [0.2, 0.25) is 0 Å². The molecule has 2 N–H and O–H groups in total. The summed E-state index contributed by atoms with van der Waals surface area (Å²) >= 11 is 0. The lowest BCUT2D eigenvalue weighted by Gasteiger charge is -2.24. The fourth-order valence-corrected chi connectivity index (χ4v) is 3.17. The Hall–Kier alpha value is -4.41. The summed E-state index contributed by atoms with van der Waals surface area (Å²) in [5.41, 5.74) is 0.229. The van der Waals surface area contributed by atoms with Gasteiger partial charge in [-0.05, 0) is 43.3 Å². The van der Waals surface area contributed by atoms with Gasteiger partial charge in [-0.1, -0.05) is 29.8 Å². The van der Waals surface area contributed by atoms with Gasteiger partial charge in [0.25, 0.3) is 11.6 Å². The molecule has 0 aliphatic heterocycles. The maximum absolute atomic E-state index is 13.2. The van der Waals surface area contributed by atoms with E-state index in [4.69, 9.17) is 0 Å². The Kier molecular flexibility index (Phi) is 7.69. The molecule has 0 aliphatic carbocycles. The molecule has 35 heavy (non-hydrogen) atoms. The summed E-state index contributed by atoms with van der Waals surface area (Å²) in [4.78, 5) is 36.7. The molecule has 3 aromatic rings. The molecule has 0 saturated heterocycles. The highest BCUT2D eigenvalue weighted by atomic mass is 19.4. The number of benzene rings is 3. The van der Waals surface area contributed by atoms with Gasteiger partial charge in [-0.15, -0.1) is 0 Å². The fraction of sp³-hybridized carbons (Fsp3) is 0.167. The molecule has 0 radical (unpaired) electrons. The Morgan fingerprint density at radius 3 is 2.34 bits per heavy atom. The number of alkyl halides is 3. The van der Waals surface area contributed by atoms with Crippen LogP contribution < -0.4 is 15.5 Å². The molecule has 0 aliphatic rings. The molecule has 0 aromatic heterocycles. The molecule has 3 rings (SSSR count). The van der Waals surface area contributed by atoms with Crippen molar-refractivity contribution in [2.45, 2.75) is 13.1 Å². The van der Waals surface area contributed by atoms with E-state index in [2.05, 4.69) is 10.6 Å². The summed E-state index contributed by atoms with van der Waals surface area (Å²) in [6.07, 6.45) is -4.61. The number of urea groups is 1. The van der Waals surface area contributed by atoms with Crippen molar-refractivity contribution in [2.24, 2.45) is 0 Å². The Morgan fingerprint density at radius 2 is 1.69 bits per heavy atom. The number of hydrogen-bond donors (Lipinski definition) is 2. The highest BCUT2D eigenvalue weighted by Crippen LogP contribution is 2.31. The van der Waals surface area contributed by atoms with Crippen LogP contribution in [0.5, 0.6) is 0 Å². The number of halogens is 3. The molecule has 0 fully saturated rings. The Balaban J connectivity index is 1.78. The van der Waals surface area contributed by atoms with Gasteiger partial charge in [0.05, 0.1) is 10.5 Å². The quantitative estimate of drug-likeness (QED) is 0.345. The van der Waals surface area contributed by atoms with Crippen LogP contribution in [0.25, 0.3) is 0 Å². The molecule has 0 heterocycles. The monoisotopic (exact) mass is 486 g/mol. The summed E-state index contributed by atoms with van der Waals surface area (Å²) in [7, 11) is 0. The smallest absolute Gasteiger partial charge is 0.350 e. The predicted molar refractivity (Wildman–Crippen MR) is 124 cm³/mol. The Morgan fingerprint density at radius 1 is 1.00 bits per heavy atom. The number of nitrogens with zero attached hydrogens (tertiary/aromatic N) is 2. The highest BCUT2D eigenvalue weighted by Gasteiger charge is 2.31. The van der Waals surface area contributed by atoms with Crippen molar-refractivity contribution in [1.29, 1.82) is 0 Å². The average Bonchev–Trinajstić information content (AvgIpc) is 2.82. The number of nitro groups is 1. The first-order valence-corrected chi connectivity index (χ1v) is 10.4. The van der Waals surface area contributed by atoms with E-state index in [1.165, 1.54) is 30.3 Å². The number of rotatable bonds is 7. The summed E-state index contributed by atoms with van der Waals surface area (Å²) in [5.74, 6) is -0.628. The number of carbonyl (C=O) groups excluding carboxylic acids is 2. The topological polar surface area (TPSA) is 105 Å². The van der Waals surface area contributed by atoms with Crippen molar-refractivity contribution >= 4 is 29.0 Å². The molecule has 3 aromatic carbocycles. The number of anilines is 2. The molecule has 11 heteroatoms. The second-order valence-corrected chi connectivity index (χ2v) is 7.56. The lowest BCUT2D eigenvalue weighted by molar-refractivity contribution is -0.384. The third-order valence-corrected chi connectivity index (χ3v) is 4.97. The maximum atomic E-state index is 13.2. The second kappa shape index (κ2) is 10.7. The highest BCUT2D eigenvalue weighted by molar-refractivity contribution is 6.02. The first kappa shape index (κ1) is 25.2. The van der Waals surface area contributed by atoms with E-state index in [1.807, 2.05) is 6.92 Å². The zero-order valence-corrected chi connectivity index (χ0v) is 18.5. The van der Waals surface area contributed by atoms with Gasteiger partial charge in [-0.2, -0.15) is 13.2 Å². The molecule has 3 amide bonds. The van der Waals surface area contributed by atoms with Crippen LogP contribution in [0.15, 0.2) is 72.8 Å². The average molecular weight is 486 g/mol. The third-order valence-electron chi connectivity index (χ3n) is 4.97. The molecular weight excluding hydrogens is 465 g/mol. The Bertz CT molecular complexity index is 1230. The third kappa shape index (κ3) is 6.79. The standard InChI is InChI=1S/C24H21F3N4O4/c1-16-8-10-19(11-9-16)29-23(33)30(20-6-3-5-18(15-20)24(25,26)27)13-12-28-22(32)17-4-2-7-21(14-17)31(34)35/h2-11,14-15H,12-13H2,1H3,(H,28,32)(H,29,33). The number of nitrogens with one attached hydrogen (secondary N) is 2. The van der Waals surface area contributed by atoms with Crippen molar-refractivity contribution in [1.82, 2.24) is 5.32 Å². The number of aryl methyl sites for hydroxylation is 1. The van der Waals surface area contributed by atoms with Crippen LogP contribution in [0.4, 0.5) is 35.0 Å². The van der Waals surface area contributed by atoms with E-state index in [0.717, 1.165) is 28.7 Å². The van der Waals surface area contributed by atoms with E-state index >= 15 is 0 Å². The summed E-state index contributed by atoms with van der Waals surface area (Å²) in [6, 6.07) is 15.5. The number of amides is 3. The van der Waals surface area contributed by atoms with E-state index < -0.39 is 28.6 Å². The largest absolute Gasteiger partial charge is 0.416 e. The van der Waals surface area contributed by atoms with Crippen LogP contribution >= 0.6 is 0 Å². The lowest BCUT2D eigenvalue weighted by atomic mass is 10.1. The van der Waals surface area contributed by atoms with E-state index in [-0.39, 0.29) is 30.0 Å². The van der Waals surface area contributed by atoms with Crippen LogP contribution in [0.1, 0.15) is 21.5 Å². The van der Waals surface area contributed by atoms with Crippen LogP contribution in [-0.2, 0) is 6.18 Å². The van der Waals surface area contributed by atoms with Gasteiger partial charge in [-0.3, -0.25) is 19.8 Å². The molecule has 8 nitrogen and oxygen atoms in total. The molecule has 0 saturated carbocycles. The first-order valence-electron chi connectivity index (χ1n) is 10.4. The summed E-state index contributed by atoms with van der Waals surface area (Å²) in [5, 5.41) is 16.1. The van der Waals surface area contributed by atoms with Gasteiger partial charge in [0.1, 0.15) is 0 Å². The van der Waals surface area contributed by atoms with Gasteiger partial charge >= 0.3 is 12.2 Å². The van der Waals surface area contributed by atoms with Gasteiger partial charge in [0.15, 0.2) is 0 Å². The van der Waals surface area contributed by atoms with Gasteiger partial charge in [-0.25, -0.2) is 4.79 Å². The van der Waals surface area contributed by atoms with E-state index in [1.54, 1.807) is 24.3 Å². The minimum atomic E-state index is -4.61. The molecular formula is C24H21F3N4O4. The number of non-ortho nitro benzene ring substituents is 1. The van der Waals surface area contributed by atoms with Crippen LogP contribution in [0.3, 0.4) is 0 Å². The van der Waals surface area contributed by atoms with Crippen molar-refractivity contribution in [3.8, 4) is 0 Å². The molecule has 182 valence electrons. The maximum Gasteiger partial charge on any atom is 0.416 e. The predicted octanol–water partition coefficient (Wildman–Crippen LogP) is 5.39. The zero-order valence-electron chi connectivity index (χ0n) is 18.5. The van der Waals surface area contributed by atoms with E-state index in [9.17, 15) is 32.9 Å². The van der Waals surface area contributed by atoms with Crippen LogP contribution in [-0.4, -0.2) is 30.0 Å². The summed E-state index contributed by atoms with van der Waals surface area (Å²) < 4.78 is 39.7. The summed E-state index contributed by atoms with van der Waals surface area (Å²) in [6.45, 7) is 1.57. The molecule has 0 unspecified atom stereocenters. The van der Waals surface area contributed by atoms with E-state index in [0.29, 0.717) is 5.69 Å². The minimum Gasteiger partial charge on any atom is -0.350 e. The SMILES string of the molecule is Cc1ccc(NC(=O)N(CCNC(=O)c2cccc([N+](=O)[O-])c2)c2cccc(C(F)(F)F)c2)cc1. The zero-order chi connectivity index (χ0) is 25.6. The molecule has 0 bridgehead atoms. The van der Waals surface area contributed by atoms with Gasteiger partial charge in [0, 0.05) is 42.2 Å². The minimum absolute atomic E-state index is 0.0194.